The van der Waals surface area contributed by atoms with E-state index in [4.69, 9.17) is 37.0 Å². The maximum Gasteiger partial charge on any atom is 0.472 e. The molecule has 0 aromatic carbocycles. The number of aliphatic hydroxyl groups is 1. The molecule has 0 aromatic rings. The Bertz CT molecular complexity index is 2430. The van der Waals surface area contributed by atoms with E-state index in [0.717, 1.165) is 199 Å². The molecule has 0 saturated heterocycles. The first-order chi connectivity index (χ1) is 51.7. The Morgan fingerprint density at radius 2 is 0.509 bits per heavy atom. The second-order valence-corrected chi connectivity index (χ2v) is 30.9. The Balaban J connectivity index is 5.35. The number of phosphoric ester groups is 2. The second kappa shape index (κ2) is 78.8. The third kappa shape index (κ3) is 77.9. The van der Waals surface area contributed by atoms with Crippen LogP contribution in [-0.2, 0) is 65.4 Å². The molecule has 5 atom stereocenters. The molecule has 3 N–H and O–H groups in total. The Labute approximate surface area is 645 Å². The summed E-state index contributed by atoms with van der Waals surface area (Å²) >= 11 is 0. The predicted octanol–water partition coefficient (Wildman–Crippen LogP) is 24.9. The molecule has 0 fully saturated rings. The minimum Gasteiger partial charge on any atom is -0.462 e. The number of esters is 4. The molecule has 0 radical (unpaired) electrons. The molecule has 106 heavy (non-hydrogen) atoms. The number of ether oxygens (including phenoxy) is 4. The van der Waals surface area contributed by atoms with Gasteiger partial charge in [0, 0.05) is 25.7 Å². The van der Waals surface area contributed by atoms with Crippen molar-refractivity contribution in [2.24, 2.45) is 0 Å². The molecule has 0 aliphatic rings. The number of carbonyl (C=O) groups excluding carboxylic acids is 4. The number of hydrogen-bond acceptors (Lipinski definition) is 15. The molecule has 0 heterocycles. The summed E-state index contributed by atoms with van der Waals surface area (Å²) in [6, 6.07) is 0. The molecular weight excluding hydrogens is 1380 g/mol. The zero-order chi connectivity index (χ0) is 77.4. The van der Waals surface area contributed by atoms with Crippen LogP contribution in [0.15, 0.2) is 109 Å². The minimum atomic E-state index is -4.99. The molecule has 5 unspecified atom stereocenters. The first kappa shape index (κ1) is 102. The Kier molecular flexibility index (Phi) is 75.6. The van der Waals surface area contributed by atoms with Crippen LogP contribution in [0, 0.1) is 0 Å². The van der Waals surface area contributed by atoms with Crippen molar-refractivity contribution in [3.05, 3.63) is 109 Å². The fourth-order valence-corrected chi connectivity index (χ4v) is 12.9. The van der Waals surface area contributed by atoms with Gasteiger partial charge in [0.1, 0.15) is 19.3 Å². The van der Waals surface area contributed by atoms with Crippen LogP contribution in [0.2, 0.25) is 0 Å². The van der Waals surface area contributed by atoms with Crippen LogP contribution in [0.4, 0.5) is 0 Å². The first-order valence-electron chi connectivity index (χ1n) is 42.1. The third-order valence-corrected chi connectivity index (χ3v) is 19.6. The molecule has 0 aromatic heterocycles. The van der Waals surface area contributed by atoms with E-state index < -0.39 is 97.5 Å². The van der Waals surface area contributed by atoms with Crippen molar-refractivity contribution in [2.75, 3.05) is 39.6 Å². The minimum absolute atomic E-state index is 0.0754. The van der Waals surface area contributed by atoms with Gasteiger partial charge >= 0.3 is 39.5 Å². The molecule has 0 amide bonds. The topological polar surface area (TPSA) is 237 Å². The molecule has 612 valence electrons. The predicted molar refractivity (Wildman–Crippen MR) is 436 cm³/mol. The number of phosphoric acid groups is 2. The molecule has 17 nitrogen and oxygen atoms in total. The van der Waals surface area contributed by atoms with Crippen molar-refractivity contribution in [2.45, 2.75) is 380 Å². The highest BCUT2D eigenvalue weighted by atomic mass is 31.2. The molecule has 0 aliphatic carbocycles. The van der Waals surface area contributed by atoms with Crippen LogP contribution in [-0.4, -0.2) is 96.7 Å². The monoisotopic (exact) mass is 1530 g/mol. The van der Waals surface area contributed by atoms with Gasteiger partial charge in [-0.3, -0.25) is 37.3 Å². The molecule has 0 spiro atoms. The number of aliphatic hydroxyl groups excluding tert-OH is 1. The van der Waals surface area contributed by atoms with Gasteiger partial charge in [-0.2, -0.15) is 0 Å². The Morgan fingerprint density at radius 3 is 0.811 bits per heavy atom. The summed E-state index contributed by atoms with van der Waals surface area (Å²) in [5, 5.41) is 10.7. The number of hydrogen-bond donors (Lipinski definition) is 3. The summed E-state index contributed by atoms with van der Waals surface area (Å²) in [5.74, 6) is -2.20. The molecule has 0 saturated carbocycles. The molecule has 0 bridgehead atoms. The zero-order valence-corrected chi connectivity index (χ0v) is 68.9. The quantitative estimate of drug-likeness (QED) is 0.0169. The lowest BCUT2D eigenvalue weighted by Crippen LogP contribution is -2.30. The van der Waals surface area contributed by atoms with Gasteiger partial charge in [0.2, 0.25) is 0 Å². The SMILES string of the molecule is CC/C=C\C/C=C\C/C=C\C/C=C\CCCCCCCCC(=O)OCC(COP(=O)(O)OCC(O)COP(=O)(O)OCC(COC(=O)CCCCCCCC/C=C\C/C=C\C/C=C\CCCCC)OC(=O)CCCCCCC/C=C\C/C=C\CCC)OC(=O)CCCCCCCCCCCCCCCCC. The van der Waals surface area contributed by atoms with E-state index in [2.05, 4.69) is 137 Å². The van der Waals surface area contributed by atoms with Crippen molar-refractivity contribution < 1.29 is 80.2 Å². The van der Waals surface area contributed by atoms with E-state index in [9.17, 15) is 43.2 Å². The summed E-state index contributed by atoms with van der Waals surface area (Å²) in [4.78, 5) is 73.2. The molecule has 0 rings (SSSR count). The summed E-state index contributed by atoms with van der Waals surface area (Å²) in [7, 11) is -9.97. The average molecular weight is 1530 g/mol. The van der Waals surface area contributed by atoms with Gasteiger partial charge in [-0.15, -0.1) is 0 Å². The highest BCUT2D eigenvalue weighted by Gasteiger charge is 2.30. The largest absolute Gasteiger partial charge is 0.472 e. The molecular formula is C87H152O17P2. The van der Waals surface area contributed by atoms with Crippen LogP contribution < -0.4 is 0 Å². The lowest BCUT2D eigenvalue weighted by atomic mass is 10.0. The summed E-state index contributed by atoms with van der Waals surface area (Å²) in [6.07, 6.45) is 86.2. The third-order valence-electron chi connectivity index (χ3n) is 17.7. The van der Waals surface area contributed by atoms with Crippen molar-refractivity contribution in [1.82, 2.24) is 0 Å². The van der Waals surface area contributed by atoms with E-state index in [0.29, 0.717) is 25.7 Å². The maximum atomic E-state index is 13.1. The summed E-state index contributed by atoms with van der Waals surface area (Å²) in [6.45, 7) is 4.68. The standard InChI is InChI=1S/C87H152O17P2/c1-5-9-13-17-21-25-29-33-36-38-40-42-45-48-51-55-59-63-67-71-84(89)97-77-82(103-86(91)73-69-65-61-57-53-47-32-28-24-20-16-12-8-4)79-101-105(93,94)99-75-81(88)76-100-106(95,96)102-80-83(104-87(92)74-70-66-62-58-54-50-44-35-31-27-23-19-15-11-7-3)78-98-85(90)72-68-64-60-56-52-49-46-43-41-39-37-34-30-26-22-18-14-10-6-2/h10,14,16,20-22,25-26,28,32-34,36-37,40-43,81-83,88H,5-9,11-13,15,17-19,23-24,27,29-31,35,38-39,44-80H2,1-4H3,(H,93,94)(H,95,96)/b14-10-,20-16-,25-21-,26-22-,32-28-,36-33-,37-34-,42-40-,43-41-. The number of allylic oxidation sites excluding steroid dienone is 18. The van der Waals surface area contributed by atoms with Crippen molar-refractivity contribution >= 4 is 39.5 Å². The Morgan fingerprint density at radius 1 is 0.274 bits per heavy atom. The normalized spacial score (nSPS) is 14.4. The van der Waals surface area contributed by atoms with Gasteiger partial charge in [-0.1, -0.05) is 317 Å². The number of rotatable bonds is 79. The van der Waals surface area contributed by atoms with Crippen LogP contribution in [0.25, 0.3) is 0 Å². The average Bonchev–Trinajstić information content (AvgIpc) is 0.933. The zero-order valence-electron chi connectivity index (χ0n) is 67.1. The fourth-order valence-electron chi connectivity index (χ4n) is 11.3. The van der Waals surface area contributed by atoms with Gasteiger partial charge in [-0.05, 0) is 128 Å². The van der Waals surface area contributed by atoms with Crippen molar-refractivity contribution in [1.29, 1.82) is 0 Å². The van der Waals surface area contributed by atoms with Crippen LogP contribution >= 0.6 is 15.6 Å². The summed E-state index contributed by atoms with van der Waals surface area (Å²) < 4.78 is 68.7. The van der Waals surface area contributed by atoms with Crippen molar-refractivity contribution in [3.63, 3.8) is 0 Å². The smallest absolute Gasteiger partial charge is 0.462 e. The summed E-state index contributed by atoms with van der Waals surface area (Å²) in [5.41, 5.74) is 0. The van der Waals surface area contributed by atoms with Gasteiger partial charge in [-0.25, -0.2) is 9.13 Å². The van der Waals surface area contributed by atoms with Gasteiger partial charge in [0.05, 0.1) is 26.4 Å². The van der Waals surface area contributed by atoms with Crippen LogP contribution in [0.5, 0.6) is 0 Å². The number of unbranched alkanes of at least 4 members (excludes halogenated alkanes) is 35. The van der Waals surface area contributed by atoms with Crippen LogP contribution in [0.1, 0.15) is 362 Å². The lowest BCUT2D eigenvalue weighted by molar-refractivity contribution is -0.161. The number of carbonyl (C=O) groups is 4. The van der Waals surface area contributed by atoms with Gasteiger partial charge in [0.25, 0.3) is 0 Å². The second-order valence-electron chi connectivity index (χ2n) is 28.0. The van der Waals surface area contributed by atoms with Gasteiger partial charge in [0.15, 0.2) is 12.2 Å². The van der Waals surface area contributed by atoms with E-state index >= 15 is 0 Å². The fraction of sp³-hybridized carbons (Fsp3) is 0.747. The van der Waals surface area contributed by atoms with E-state index in [-0.39, 0.29) is 25.7 Å². The van der Waals surface area contributed by atoms with Crippen LogP contribution in [0.3, 0.4) is 0 Å². The molecule has 19 heteroatoms. The van der Waals surface area contributed by atoms with Gasteiger partial charge < -0.3 is 33.8 Å². The highest BCUT2D eigenvalue weighted by molar-refractivity contribution is 7.47. The highest BCUT2D eigenvalue weighted by Crippen LogP contribution is 2.45. The molecule has 0 aliphatic heterocycles. The van der Waals surface area contributed by atoms with Crippen molar-refractivity contribution in [3.8, 4) is 0 Å². The van der Waals surface area contributed by atoms with E-state index in [1.54, 1.807) is 0 Å². The first-order valence-corrected chi connectivity index (χ1v) is 45.1. The Hall–Kier alpha value is -4.28. The lowest BCUT2D eigenvalue weighted by Gasteiger charge is -2.21. The maximum absolute atomic E-state index is 13.1. The van der Waals surface area contributed by atoms with E-state index in [1.807, 2.05) is 0 Å². The van der Waals surface area contributed by atoms with E-state index in [1.165, 1.54) is 83.5 Å².